The van der Waals surface area contributed by atoms with Crippen LogP contribution in [-0.2, 0) is 0 Å². The van der Waals surface area contributed by atoms with E-state index in [4.69, 9.17) is 0 Å². The summed E-state index contributed by atoms with van der Waals surface area (Å²) in [7, 11) is 0. The third-order valence-corrected chi connectivity index (χ3v) is 9.66. The highest BCUT2D eigenvalue weighted by Crippen LogP contribution is 2.45. The Bertz CT molecular complexity index is 2550. The van der Waals surface area contributed by atoms with Crippen LogP contribution < -0.4 is 0 Å². The van der Waals surface area contributed by atoms with Crippen LogP contribution in [0, 0.1) is 0 Å². The molecule has 9 aromatic carbocycles. The van der Waals surface area contributed by atoms with Crippen LogP contribution in [0.3, 0.4) is 0 Å². The van der Waals surface area contributed by atoms with Crippen molar-refractivity contribution in [3.63, 3.8) is 0 Å². The lowest BCUT2D eigenvalue weighted by molar-refractivity contribution is 1.56. The van der Waals surface area contributed by atoms with Crippen molar-refractivity contribution in [2.75, 3.05) is 0 Å². The second-order valence-electron chi connectivity index (χ2n) is 12.4. The first-order valence-corrected chi connectivity index (χ1v) is 16.6. The Morgan fingerprint density at radius 1 is 0.208 bits per heavy atom. The van der Waals surface area contributed by atoms with E-state index >= 15 is 0 Å². The van der Waals surface area contributed by atoms with E-state index in [0.717, 1.165) is 0 Å². The zero-order valence-electron chi connectivity index (χ0n) is 26.5. The summed E-state index contributed by atoms with van der Waals surface area (Å²) in [6.07, 6.45) is 0. The summed E-state index contributed by atoms with van der Waals surface area (Å²) >= 11 is 0. The predicted octanol–water partition coefficient (Wildman–Crippen LogP) is 13.5. The Labute approximate surface area is 281 Å². The van der Waals surface area contributed by atoms with Crippen LogP contribution in [0.2, 0.25) is 0 Å². The fourth-order valence-electron chi connectivity index (χ4n) is 7.49. The molecule has 0 unspecified atom stereocenters. The van der Waals surface area contributed by atoms with Gasteiger partial charge in [-0.05, 0) is 100 Å². The van der Waals surface area contributed by atoms with Gasteiger partial charge in [-0.15, -0.1) is 0 Å². The van der Waals surface area contributed by atoms with E-state index in [1.165, 1.54) is 88.0 Å². The second kappa shape index (κ2) is 11.8. The summed E-state index contributed by atoms with van der Waals surface area (Å²) in [6.45, 7) is 0. The molecule has 0 heteroatoms. The molecule has 0 N–H and O–H groups in total. The van der Waals surface area contributed by atoms with Crippen molar-refractivity contribution < 1.29 is 0 Å². The number of fused-ring (bicyclic) bond motifs is 3. The zero-order chi connectivity index (χ0) is 31.9. The molecule has 0 aliphatic carbocycles. The second-order valence-corrected chi connectivity index (χ2v) is 12.4. The SMILES string of the molecule is c1ccc(-c2ccccc2-c2ccccc2-c2cccc(-c3c4ccccc4c(-c4ccc5ccccc5c4)c4ccccc34)c2)cc1. The van der Waals surface area contributed by atoms with Crippen LogP contribution in [-0.4, -0.2) is 0 Å². The van der Waals surface area contributed by atoms with Gasteiger partial charge in [-0.25, -0.2) is 0 Å². The molecule has 0 radical (unpaired) electrons. The molecule has 0 aliphatic rings. The van der Waals surface area contributed by atoms with Gasteiger partial charge < -0.3 is 0 Å². The van der Waals surface area contributed by atoms with Crippen LogP contribution in [0.1, 0.15) is 0 Å². The van der Waals surface area contributed by atoms with Crippen molar-refractivity contribution in [3.8, 4) is 55.6 Å². The third-order valence-electron chi connectivity index (χ3n) is 9.66. The first-order chi connectivity index (χ1) is 23.8. The van der Waals surface area contributed by atoms with E-state index in [9.17, 15) is 0 Å². The van der Waals surface area contributed by atoms with Gasteiger partial charge in [0.05, 0.1) is 0 Å². The molecule has 9 rings (SSSR count). The Hall–Kier alpha value is -6.24. The van der Waals surface area contributed by atoms with Crippen LogP contribution >= 0.6 is 0 Å². The Morgan fingerprint density at radius 2 is 0.625 bits per heavy atom. The van der Waals surface area contributed by atoms with Crippen molar-refractivity contribution in [1.29, 1.82) is 0 Å². The molecule has 0 amide bonds. The first-order valence-electron chi connectivity index (χ1n) is 16.6. The topological polar surface area (TPSA) is 0 Å². The van der Waals surface area contributed by atoms with Gasteiger partial charge in [-0.2, -0.15) is 0 Å². The molecule has 0 saturated heterocycles. The Morgan fingerprint density at radius 3 is 1.23 bits per heavy atom. The molecular weight excluding hydrogens is 577 g/mol. The maximum Gasteiger partial charge on any atom is -0.00262 e. The summed E-state index contributed by atoms with van der Waals surface area (Å²) in [6, 6.07) is 70.7. The van der Waals surface area contributed by atoms with Crippen LogP contribution in [0.5, 0.6) is 0 Å². The molecule has 0 aromatic heterocycles. The van der Waals surface area contributed by atoms with Crippen molar-refractivity contribution >= 4 is 32.3 Å². The maximum absolute atomic E-state index is 2.38. The minimum atomic E-state index is 1.21. The summed E-state index contributed by atoms with van der Waals surface area (Å²) < 4.78 is 0. The average Bonchev–Trinajstić information content (AvgIpc) is 3.17. The normalized spacial score (nSPS) is 11.3. The van der Waals surface area contributed by atoms with E-state index in [0.29, 0.717) is 0 Å². The maximum atomic E-state index is 2.38. The van der Waals surface area contributed by atoms with Crippen molar-refractivity contribution in [2.45, 2.75) is 0 Å². The highest BCUT2D eigenvalue weighted by molar-refractivity contribution is 6.21. The smallest absolute Gasteiger partial charge is 0.00262 e. The number of hydrogen-bond acceptors (Lipinski definition) is 0. The molecule has 0 spiro atoms. The third kappa shape index (κ3) is 4.78. The molecular formula is C48H32. The summed E-state index contributed by atoms with van der Waals surface area (Å²) in [5, 5.41) is 7.58. The number of benzene rings is 9. The van der Waals surface area contributed by atoms with Gasteiger partial charge >= 0.3 is 0 Å². The molecule has 0 saturated carbocycles. The van der Waals surface area contributed by atoms with Gasteiger partial charge in [0.2, 0.25) is 0 Å². The molecule has 48 heavy (non-hydrogen) atoms. The number of rotatable bonds is 5. The molecule has 224 valence electrons. The minimum absolute atomic E-state index is 1.21. The number of hydrogen-bond donors (Lipinski definition) is 0. The molecule has 9 aromatic rings. The summed E-state index contributed by atoms with van der Waals surface area (Å²) in [4.78, 5) is 0. The first kappa shape index (κ1) is 28.0. The zero-order valence-corrected chi connectivity index (χ0v) is 26.5. The lowest BCUT2D eigenvalue weighted by Crippen LogP contribution is -1.92. The summed E-state index contributed by atoms with van der Waals surface area (Å²) in [5.41, 5.74) is 12.4. The van der Waals surface area contributed by atoms with Crippen LogP contribution in [0.4, 0.5) is 0 Å². The molecule has 0 nitrogen and oxygen atoms in total. The fourth-order valence-corrected chi connectivity index (χ4v) is 7.49. The van der Waals surface area contributed by atoms with E-state index in [1.54, 1.807) is 0 Å². The lowest BCUT2D eigenvalue weighted by Gasteiger charge is -2.19. The Balaban J connectivity index is 1.26. The average molecular weight is 609 g/mol. The molecule has 0 bridgehead atoms. The predicted molar refractivity (Wildman–Crippen MR) is 206 cm³/mol. The lowest BCUT2D eigenvalue weighted by atomic mass is 9.84. The van der Waals surface area contributed by atoms with Crippen LogP contribution in [0.15, 0.2) is 194 Å². The van der Waals surface area contributed by atoms with E-state index < -0.39 is 0 Å². The molecule has 0 atom stereocenters. The van der Waals surface area contributed by atoms with Gasteiger partial charge in [-0.3, -0.25) is 0 Å². The quantitative estimate of drug-likeness (QED) is 0.171. The largest absolute Gasteiger partial charge is 0.0622 e. The standard InChI is InChI=1S/C48H32/c1-2-16-34(17-3-1)39-21-6-8-23-41(39)42-24-9-7-22-40(42)36-19-14-20-37(32-36)47-43-25-10-12-27-45(43)48(46-28-13-11-26-44(46)47)38-30-29-33-15-4-5-18-35(33)31-38/h1-32H. The Kier molecular flexibility index (Phi) is 6.91. The van der Waals surface area contributed by atoms with Gasteiger partial charge in [0.15, 0.2) is 0 Å². The minimum Gasteiger partial charge on any atom is -0.0622 e. The molecule has 0 aliphatic heterocycles. The van der Waals surface area contributed by atoms with E-state index in [-0.39, 0.29) is 0 Å². The van der Waals surface area contributed by atoms with E-state index in [1.807, 2.05) is 0 Å². The van der Waals surface area contributed by atoms with E-state index in [2.05, 4.69) is 194 Å². The highest BCUT2D eigenvalue weighted by Gasteiger charge is 2.18. The van der Waals surface area contributed by atoms with Crippen LogP contribution in [0.25, 0.3) is 88.0 Å². The van der Waals surface area contributed by atoms with Gasteiger partial charge in [0, 0.05) is 0 Å². The van der Waals surface area contributed by atoms with Crippen molar-refractivity contribution in [2.24, 2.45) is 0 Å². The molecule has 0 fully saturated rings. The van der Waals surface area contributed by atoms with Gasteiger partial charge in [0.1, 0.15) is 0 Å². The molecule has 0 heterocycles. The van der Waals surface area contributed by atoms with Gasteiger partial charge in [0.25, 0.3) is 0 Å². The van der Waals surface area contributed by atoms with Crippen molar-refractivity contribution in [1.82, 2.24) is 0 Å². The fraction of sp³-hybridized carbons (Fsp3) is 0. The highest BCUT2D eigenvalue weighted by atomic mass is 14.2. The van der Waals surface area contributed by atoms with Crippen molar-refractivity contribution in [3.05, 3.63) is 194 Å². The summed E-state index contributed by atoms with van der Waals surface area (Å²) in [5.74, 6) is 0. The van der Waals surface area contributed by atoms with Gasteiger partial charge in [-0.1, -0.05) is 182 Å². The monoisotopic (exact) mass is 608 g/mol.